The van der Waals surface area contributed by atoms with Crippen LogP contribution in [0.3, 0.4) is 0 Å². The fourth-order valence-electron chi connectivity index (χ4n) is 2.58. The summed E-state index contributed by atoms with van der Waals surface area (Å²) in [4.78, 5) is 16.3. The van der Waals surface area contributed by atoms with Gasteiger partial charge in [-0.05, 0) is 30.7 Å². The third kappa shape index (κ3) is 8.42. The number of benzene rings is 2. The van der Waals surface area contributed by atoms with Gasteiger partial charge < -0.3 is 20.7 Å². The summed E-state index contributed by atoms with van der Waals surface area (Å²) in [6.45, 7) is 0.522. The Morgan fingerprint density at radius 2 is 1.73 bits per heavy atom. The van der Waals surface area contributed by atoms with E-state index in [1.807, 2.05) is 6.92 Å². The highest BCUT2D eigenvalue weighted by Crippen LogP contribution is 2.20. The summed E-state index contributed by atoms with van der Waals surface area (Å²) >= 11 is 0. The topological polar surface area (TPSA) is 74.8 Å². The summed E-state index contributed by atoms with van der Waals surface area (Å²) in [6.07, 6.45) is 0.162. The van der Waals surface area contributed by atoms with Gasteiger partial charge in [0.25, 0.3) is 0 Å². The lowest BCUT2D eigenvalue weighted by Crippen LogP contribution is -2.41. The summed E-state index contributed by atoms with van der Waals surface area (Å²) < 4.78 is 42.4. The van der Waals surface area contributed by atoms with Crippen molar-refractivity contribution in [1.29, 1.82) is 0 Å². The standard InChI is InChI=1S/C21H25F3N4O2/c1-2-25-21(28-14-16-5-3-4-6-18(16)30-20(23)24)27-12-11-26-19(29)13-15-7-9-17(22)10-8-15/h3-10,20H,2,11-14H2,1H3,(H,26,29)(H2,25,27,28). The quantitative estimate of drug-likeness (QED) is 0.313. The summed E-state index contributed by atoms with van der Waals surface area (Å²) in [5.41, 5.74) is 1.25. The van der Waals surface area contributed by atoms with E-state index < -0.39 is 6.61 Å². The Morgan fingerprint density at radius 1 is 1.03 bits per heavy atom. The van der Waals surface area contributed by atoms with Gasteiger partial charge in [-0.2, -0.15) is 8.78 Å². The molecular formula is C21H25F3N4O2. The van der Waals surface area contributed by atoms with Crippen LogP contribution in [0.15, 0.2) is 53.5 Å². The SMILES string of the molecule is CCNC(=NCc1ccccc1OC(F)F)NCCNC(=O)Cc1ccc(F)cc1. The van der Waals surface area contributed by atoms with Crippen molar-refractivity contribution in [3.63, 3.8) is 0 Å². The van der Waals surface area contributed by atoms with E-state index in [4.69, 9.17) is 0 Å². The summed E-state index contributed by atoms with van der Waals surface area (Å²) in [5, 5.41) is 8.88. The first-order valence-corrected chi connectivity index (χ1v) is 9.54. The van der Waals surface area contributed by atoms with E-state index in [9.17, 15) is 18.0 Å². The summed E-state index contributed by atoms with van der Waals surface area (Å²) in [6, 6.07) is 12.2. The Morgan fingerprint density at radius 3 is 2.43 bits per heavy atom. The second-order valence-corrected chi connectivity index (χ2v) is 6.26. The minimum atomic E-state index is -2.90. The monoisotopic (exact) mass is 422 g/mol. The normalized spacial score (nSPS) is 11.3. The van der Waals surface area contributed by atoms with Crippen LogP contribution in [0.2, 0.25) is 0 Å². The van der Waals surface area contributed by atoms with Crippen LogP contribution in [0.4, 0.5) is 13.2 Å². The molecule has 0 bridgehead atoms. The Labute approximate surface area is 173 Å². The molecule has 2 rings (SSSR count). The molecule has 2 aromatic rings. The zero-order valence-corrected chi connectivity index (χ0v) is 16.6. The van der Waals surface area contributed by atoms with Crippen molar-refractivity contribution in [2.45, 2.75) is 26.5 Å². The van der Waals surface area contributed by atoms with Crippen LogP contribution in [-0.4, -0.2) is 38.1 Å². The Balaban J connectivity index is 1.81. The molecule has 0 heterocycles. The highest BCUT2D eigenvalue weighted by Gasteiger charge is 2.09. The smallest absolute Gasteiger partial charge is 0.387 e. The molecule has 0 aromatic heterocycles. The van der Waals surface area contributed by atoms with Crippen LogP contribution in [0, 0.1) is 5.82 Å². The average molecular weight is 422 g/mol. The number of guanidine groups is 1. The van der Waals surface area contributed by atoms with Crippen molar-refractivity contribution in [1.82, 2.24) is 16.0 Å². The van der Waals surface area contributed by atoms with Crippen molar-refractivity contribution in [3.8, 4) is 5.75 Å². The molecular weight excluding hydrogens is 397 g/mol. The van der Waals surface area contributed by atoms with Gasteiger partial charge in [-0.3, -0.25) is 4.79 Å². The number of ether oxygens (including phenoxy) is 1. The second-order valence-electron chi connectivity index (χ2n) is 6.26. The molecule has 0 aliphatic heterocycles. The Kier molecular flexibility index (Phi) is 9.50. The fraction of sp³-hybridized carbons (Fsp3) is 0.333. The van der Waals surface area contributed by atoms with Gasteiger partial charge in [0.1, 0.15) is 11.6 Å². The van der Waals surface area contributed by atoms with Crippen molar-refractivity contribution >= 4 is 11.9 Å². The van der Waals surface area contributed by atoms with Gasteiger partial charge in [0, 0.05) is 25.2 Å². The highest BCUT2D eigenvalue weighted by atomic mass is 19.3. The van der Waals surface area contributed by atoms with E-state index in [2.05, 4.69) is 25.7 Å². The number of nitrogens with zero attached hydrogens (tertiary/aromatic N) is 1. The molecule has 9 heteroatoms. The first-order chi connectivity index (χ1) is 14.5. The first kappa shape index (κ1) is 23.1. The number of hydrogen-bond acceptors (Lipinski definition) is 3. The number of nitrogens with one attached hydrogen (secondary N) is 3. The van der Waals surface area contributed by atoms with Crippen LogP contribution >= 0.6 is 0 Å². The van der Waals surface area contributed by atoms with Gasteiger partial charge in [-0.15, -0.1) is 0 Å². The van der Waals surface area contributed by atoms with Crippen molar-refractivity contribution < 1.29 is 22.7 Å². The molecule has 0 spiro atoms. The number of amides is 1. The molecule has 0 saturated heterocycles. The minimum Gasteiger partial charge on any atom is -0.434 e. The number of halogens is 3. The van der Waals surface area contributed by atoms with Gasteiger partial charge >= 0.3 is 6.61 Å². The van der Waals surface area contributed by atoms with E-state index in [1.54, 1.807) is 30.3 Å². The minimum absolute atomic E-state index is 0.0835. The highest BCUT2D eigenvalue weighted by molar-refractivity contribution is 5.80. The van der Waals surface area contributed by atoms with Crippen LogP contribution < -0.4 is 20.7 Å². The number of carbonyl (C=O) groups is 1. The van der Waals surface area contributed by atoms with Crippen molar-refractivity contribution in [2.75, 3.05) is 19.6 Å². The number of alkyl halides is 2. The molecule has 0 aliphatic carbocycles. The molecule has 0 atom stereocenters. The summed E-state index contributed by atoms with van der Waals surface area (Å²) in [7, 11) is 0. The van der Waals surface area contributed by atoms with Gasteiger partial charge in [-0.25, -0.2) is 9.38 Å². The predicted molar refractivity (Wildman–Crippen MR) is 109 cm³/mol. The van der Waals surface area contributed by atoms with Crippen LogP contribution in [0.5, 0.6) is 5.75 Å². The maximum Gasteiger partial charge on any atom is 0.387 e. The maximum atomic E-state index is 12.9. The number of aliphatic imine (C=N–C) groups is 1. The zero-order valence-electron chi connectivity index (χ0n) is 16.6. The van der Waals surface area contributed by atoms with Gasteiger partial charge in [0.2, 0.25) is 5.91 Å². The third-order valence-electron chi connectivity index (χ3n) is 3.96. The van der Waals surface area contributed by atoms with E-state index in [0.29, 0.717) is 31.2 Å². The lowest BCUT2D eigenvalue weighted by atomic mass is 10.1. The largest absolute Gasteiger partial charge is 0.434 e. The van der Waals surface area contributed by atoms with E-state index >= 15 is 0 Å². The molecule has 0 aliphatic rings. The molecule has 30 heavy (non-hydrogen) atoms. The molecule has 3 N–H and O–H groups in total. The van der Waals surface area contributed by atoms with Gasteiger partial charge in [0.05, 0.1) is 13.0 Å². The van der Waals surface area contributed by atoms with Crippen LogP contribution in [-0.2, 0) is 17.8 Å². The second kappa shape index (κ2) is 12.4. The molecule has 162 valence electrons. The summed E-state index contributed by atoms with van der Waals surface area (Å²) in [5.74, 6) is 0.0442. The zero-order chi connectivity index (χ0) is 21.8. The van der Waals surface area contributed by atoms with Crippen LogP contribution in [0.1, 0.15) is 18.1 Å². The molecule has 0 fully saturated rings. The Hall–Kier alpha value is -3.23. The molecule has 0 unspecified atom stereocenters. The van der Waals surface area contributed by atoms with E-state index in [-0.39, 0.29) is 30.4 Å². The molecule has 6 nitrogen and oxygen atoms in total. The van der Waals surface area contributed by atoms with Gasteiger partial charge in [-0.1, -0.05) is 30.3 Å². The maximum absolute atomic E-state index is 12.9. The predicted octanol–water partition coefficient (Wildman–Crippen LogP) is 2.84. The van der Waals surface area contributed by atoms with Crippen LogP contribution in [0.25, 0.3) is 0 Å². The number of para-hydroxylation sites is 1. The van der Waals surface area contributed by atoms with Crippen molar-refractivity contribution in [3.05, 3.63) is 65.5 Å². The van der Waals surface area contributed by atoms with Gasteiger partial charge in [0.15, 0.2) is 5.96 Å². The lowest BCUT2D eigenvalue weighted by Gasteiger charge is -2.13. The first-order valence-electron chi connectivity index (χ1n) is 9.54. The number of rotatable bonds is 10. The van der Waals surface area contributed by atoms with E-state index in [1.165, 1.54) is 18.2 Å². The average Bonchev–Trinajstić information content (AvgIpc) is 2.71. The molecule has 0 saturated carbocycles. The van der Waals surface area contributed by atoms with Crippen molar-refractivity contribution in [2.24, 2.45) is 4.99 Å². The lowest BCUT2D eigenvalue weighted by molar-refractivity contribution is -0.120. The Bertz CT molecular complexity index is 829. The fourth-order valence-corrected chi connectivity index (χ4v) is 2.58. The number of carbonyl (C=O) groups excluding carboxylic acids is 1. The molecule has 2 aromatic carbocycles. The molecule has 1 amide bonds. The van der Waals surface area contributed by atoms with E-state index in [0.717, 1.165) is 5.56 Å². The third-order valence-corrected chi connectivity index (χ3v) is 3.96. The number of hydrogen-bond donors (Lipinski definition) is 3. The molecule has 0 radical (unpaired) electrons.